The van der Waals surface area contributed by atoms with Gasteiger partial charge in [0.2, 0.25) is 0 Å². The van der Waals surface area contributed by atoms with Crippen LogP contribution in [0.25, 0.3) is 0 Å². The Labute approximate surface area is 92.4 Å². The maximum Gasteiger partial charge on any atom is 0.0731 e. The highest BCUT2D eigenvalue weighted by Crippen LogP contribution is 2.31. The van der Waals surface area contributed by atoms with Crippen LogP contribution in [0.3, 0.4) is 0 Å². The molecule has 15 heavy (non-hydrogen) atoms. The van der Waals surface area contributed by atoms with Crippen LogP contribution in [0, 0.1) is 0 Å². The molecule has 4 unspecified atom stereocenters. The number of hydrogen-bond acceptors (Lipinski definition) is 3. The second-order valence-corrected chi connectivity index (χ2v) is 5.08. The van der Waals surface area contributed by atoms with E-state index in [4.69, 9.17) is 4.74 Å². The Kier molecular flexibility index (Phi) is 3.65. The summed E-state index contributed by atoms with van der Waals surface area (Å²) in [6.45, 7) is 6.01. The van der Waals surface area contributed by atoms with Gasteiger partial charge in [0, 0.05) is 18.6 Å². The van der Waals surface area contributed by atoms with Crippen molar-refractivity contribution in [1.82, 2.24) is 4.90 Å². The van der Waals surface area contributed by atoms with Crippen LogP contribution in [-0.2, 0) is 4.74 Å². The molecule has 88 valence electrons. The maximum absolute atomic E-state index is 9.44. The van der Waals surface area contributed by atoms with Crippen molar-refractivity contribution in [1.29, 1.82) is 0 Å². The van der Waals surface area contributed by atoms with Gasteiger partial charge in [0.1, 0.15) is 0 Å². The second-order valence-electron chi connectivity index (χ2n) is 5.08. The smallest absolute Gasteiger partial charge is 0.0731 e. The van der Waals surface area contributed by atoms with Crippen molar-refractivity contribution in [3.8, 4) is 0 Å². The molecule has 1 N–H and O–H groups in total. The molecule has 0 radical (unpaired) electrons. The number of hydrogen-bond donors (Lipinski definition) is 1. The van der Waals surface area contributed by atoms with Gasteiger partial charge in [0.05, 0.1) is 18.8 Å². The average molecular weight is 213 g/mol. The number of nitrogens with zero attached hydrogens (tertiary/aromatic N) is 1. The predicted octanol–water partition coefficient (Wildman–Crippen LogP) is 1.40. The maximum atomic E-state index is 9.44. The van der Waals surface area contributed by atoms with Crippen molar-refractivity contribution >= 4 is 0 Å². The molecule has 2 fully saturated rings. The average Bonchev–Trinajstić information content (AvgIpc) is 2.63. The minimum atomic E-state index is -0.192. The number of rotatable bonds is 3. The first-order valence-corrected chi connectivity index (χ1v) is 6.24. The summed E-state index contributed by atoms with van der Waals surface area (Å²) < 4.78 is 5.78. The summed E-state index contributed by atoms with van der Waals surface area (Å²) in [5, 5.41) is 9.44. The van der Waals surface area contributed by atoms with Gasteiger partial charge in [-0.3, -0.25) is 4.90 Å². The van der Waals surface area contributed by atoms with E-state index in [1.807, 2.05) is 6.92 Å². The van der Waals surface area contributed by atoms with Crippen molar-refractivity contribution in [3.63, 3.8) is 0 Å². The fraction of sp³-hybridized carbons (Fsp3) is 1.00. The van der Waals surface area contributed by atoms with E-state index in [0.29, 0.717) is 18.2 Å². The highest BCUT2D eigenvalue weighted by molar-refractivity contribution is 4.91. The van der Waals surface area contributed by atoms with Gasteiger partial charge in [-0.1, -0.05) is 0 Å². The lowest BCUT2D eigenvalue weighted by Gasteiger charge is -2.41. The first kappa shape index (κ1) is 11.4. The molecule has 0 spiro atoms. The van der Waals surface area contributed by atoms with Crippen LogP contribution in [0.15, 0.2) is 0 Å². The molecule has 0 aromatic carbocycles. The quantitative estimate of drug-likeness (QED) is 0.769. The topological polar surface area (TPSA) is 32.7 Å². The third-order valence-corrected chi connectivity index (χ3v) is 3.77. The van der Waals surface area contributed by atoms with E-state index in [0.717, 1.165) is 19.6 Å². The highest BCUT2D eigenvalue weighted by Gasteiger charge is 2.37. The molecule has 3 heteroatoms. The zero-order valence-electron chi connectivity index (χ0n) is 9.85. The Morgan fingerprint density at radius 1 is 1.40 bits per heavy atom. The normalized spacial score (nSPS) is 36.2. The number of morpholine rings is 1. The van der Waals surface area contributed by atoms with Gasteiger partial charge in [-0.25, -0.2) is 0 Å². The van der Waals surface area contributed by atoms with E-state index in [1.165, 1.54) is 19.3 Å². The van der Waals surface area contributed by atoms with Gasteiger partial charge in [0.15, 0.2) is 0 Å². The Hall–Kier alpha value is -0.120. The third-order valence-electron chi connectivity index (χ3n) is 3.77. The Morgan fingerprint density at radius 3 is 2.93 bits per heavy atom. The molecule has 2 aliphatic rings. The highest BCUT2D eigenvalue weighted by atomic mass is 16.5. The molecular formula is C12H23NO2. The Balaban J connectivity index is 1.94. The van der Waals surface area contributed by atoms with Crippen LogP contribution in [0.4, 0.5) is 0 Å². The monoisotopic (exact) mass is 213 g/mol. The zero-order valence-corrected chi connectivity index (χ0v) is 9.85. The van der Waals surface area contributed by atoms with E-state index in [1.54, 1.807) is 0 Å². The minimum Gasteiger partial charge on any atom is -0.393 e. The largest absolute Gasteiger partial charge is 0.393 e. The summed E-state index contributed by atoms with van der Waals surface area (Å²) in [5.41, 5.74) is 0. The summed E-state index contributed by atoms with van der Waals surface area (Å²) in [7, 11) is 0. The zero-order chi connectivity index (χ0) is 10.8. The molecular weight excluding hydrogens is 190 g/mol. The summed E-state index contributed by atoms with van der Waals surface area (Å²) >= 11 is 0. The molecule has 1 aliphatic heterocycles. The predicted molar refractivity (Wildman–Crippen MR) is 59.8 cm³/mol. The van der Waals surface area contributed by atoms with Gasteiger partial charge in [-0.2, -0.15) is 0 Å². The van der Waals surface area contributed by atoms with Gasteiger partial charge in [-0.15, -0.1) is 0 Å². The second kappa shape index (κ2) is 4.81. The number of aliphatic hydroxyl groups is 1. The SMILES string of the molecule is CC(O)CC(C)N1CCOC2CCCC21. The number of aliphatic hydroxyl groups excluding tert-OH is 1. The van der Waals surface area contributed by atoms with Crippen molar-refractivity contribution in [3.05, 3.63) is 0 Å². The fourth-order valence-electron chi connectivity index (χ4n) is 3.13. The lowest BCUT2D eigenvalue weighted by molar-refractivity contribution is -0.0740. The van der Waals surface area contributed by atoms with E-state index in [2.05, 4.69) is 11.8 Å². The lowest BCUT2D eigenvalue weighted by atomic mass is 10.0. The molecule has 0 bridgehead atoms. The van der Waals surface area contributed by atoms with Gasteiger partial charge < -0.3 is 9.84 Å². The van der Waals surface area contributed by atoms with Crippen LogP contribution in [0.5, 0.6) is 0 Å². The van der Waals surface area contributed by atoms with Crippen molar-refractivity contribution in [2.45, 2.75) is 63.8 Å². The van der Waals surface area contributed by atoms with Gasteiger partial charge in [-0.05, 0) is 39.5 Å². The molecule has 4 atom stereocenters. The van der Waals surface area contributed by atoms with E-state index in [9.17, 15) is 5.11 Å². The summed E-state index contributed by atoms with van der Waals surface area (Å²) in [6, 6.07) is 1.10. The number of fused-ring (bicyclic) bond motifs is 1. The van der Waals surface area contributed by atoms with Crippen molar-refractivity contribution in [2.75, 3.05) is 13.2 Å². The van der Waals surface area contributed by atoms with E-state index < -0.39 is 0 Å². The Bertz CT molecular complexity index is 208. The summed E-state index contributed by atoms with van der Waals surface area (Å²) in [5.74, 6) is 0. The molecule has 0 amide bonds. The summed E-state index contributed by atoms with van der Waals surface area (Å²) in [4.78, 5) is 2.55. The van der Waals surface area contributed by atoms with Crippen LogP contribution in [0.2, 0.25) is 0 Å². The molecule has 1 aliphatic carbocycles. The molecule has 2 rings (SSSR count). The fourth-order valence-corrected chi connectivity index (χ4v) is 3.13. The van der Waals surface area contributed by atoms with Crippen molar-refractivity contribution in [2.24, 2.45) is 0 Å². The van der Waals surface area contributed by atoms with Crippen LogP contribution < -0.4 is 0 Å². The standard InChI is InChI=1S/C12H23NO2/c1-9(8-10(2)14)13-6-7-15-12-5-3-4-11(12)13/h9-12,14H,3-8H2,1-2H3. The minimum absolute atomic E-state index is 0.192. The molecule has 0 aromatic heterocycles. The Morgan fingerprint density at radius 2 is 2.20 bits per heavy atom. The molecule has 3 nitrogen and oxygen atoms in total. The van der Waals surface area contributed by atoms with Crippen LogP contribution >= 0.6 is 0 Å². The van der Waals surface area contributed by atoms with E-state index >= 15 is 0 Å². The van der Waals surface area contributed by atoms with E-state index in [-0.39, 0.29) is 6.10 Å². The molecule has 1 saturated heterocycles. The molecule has 1 heterocycles. The number of ether oxygens (including phenoxy) is 1. The first-order valence-electron chi connectivity index (χ1n) is 6.24. The van der Waals surface area contributed by atoms with Gasteiger partial charge in [0.25, 0.3) is 0 Å². The van der Waals surface area contributed by atoms with Crippen molar-refractivity contribution < 1.29 is 9.84 Å². The molecule has 1 saturated carbocycles. The van der Waals surface area contributed by atoms with Crippen LogP contribution in [0.1, 0.15) is 39.5 Å². The lowest BCUT2D eigenvalue weighted by Crippen LogP contribution is -2.52. The first-order chi connectivity index (χ1) is 7.18. The third kappa shape index (κ3) is 2.52. The van der Waals surface area contributed by atoms with Crippen LogP contribution in [-0.4, -0.2) is 47.4 Å². The van der Waals surface area contributed by atoms with Gasteiger partial charge >= 0.3 is 0 Å². The summed E-state index contributed by atoms with van der Waals surface area (Å²) in [6.07, 6.45) is 4.95. The molecule has 0 aromatic rings.